The molecule has 3 atom stereocenters. The van der Waals surface area contributed by atoms with Crippen LogP contribution >= 0.6 is 0 Å². The maximum absolute atomic E-state index is 12.9. The summed E-state index contributed by atoms with van der Waals surface area (Å²) in [6.07, 6.45) is 7.48. The number of fused-ring (bicyclic) bond motifs is 1. The molecule has 2 aliphatic rings. The Hall–Kier alpha value is -1.92. The molecule has 1 aliphatic heterocycles. The summed E-state index contributed by atoms with van der Waals surface area (Å²) in [6.45, 7) is 4.15. The number of aliphatic hydroxyl groups is 1. The van der Waals surface area contributed by atoms with Crippen molar-refractivity contribution in [3.63, 3.8) is 0 Å². The monoisotopic (exact) mass is 342 g/mol. The van der Waals surface area contributed by atoms with Crippen molar-refractivity contribution in [2.24, 2.45) is 0 Å². The second-order valence-electron chi connectivity index (χ2n) is 7.46. The summed E-state index contributed by atoms with van der Waals surface area (Å²) in [5, 5.41) is 10.8. The van der Waals surface area contributed by atoms with E-state index in [-0.39, 0.29) is 18.0 Å². The summed E-state index contributed by atoms with van der Waals surface area (Å²) in [5.41, 5.74) is 2.33. The van der Waals surface area contributed by atoms with Crippen LogP contribution in [-0.2, 0) is 0 Å². The van der Waals surface area contributed by atoms with Crippen LogP contribution in [-0.4, -0.2) is 68.5 Å². The fourth-order valence-corrected chi connectivity index (χ4v) is 4.37. The highest BCUT2D eigenvalue weighted by molar-refractivity contribution is 5.93. The van der Waals surface area contributed by atoms with E-state index in [2.05, 4.69) is 9.88 Å². The maximum atomic E-state index is 12.9. The van der Waals surface area contributed by atoms with Gasteiger partial charge in [-0.3, -0.25) is 9.69 Å². The summed E-state index contributed by atoms with van der Waals surface area (Å²) in [5.74, 6) is -0.118. The molecule has 0 bridgehead atoms. The van der Waals surface area contributed by atoms with Gasteiger partial charge in [-0.2, -0.15) is 0 Å². The number of pyridine rings is 1. The summed E-state index contributed by atoms with van der Waals surface area (Å²) in [7, 11) is 1.79. The Labute approximate surface area is 148 Å². The lowest BCUT2D eigenvalue weighted by Crippen LogP contribution is -2.48. The average molecular weight is 342 g/mol. The third-order valence-corrected chi connectivity index (χ3v) is 5.79. The minimum atomic E-state index is -0.480. The number of aryl methyl sites for hydroxylation is 1. The number of imidazole rings is 1. The standard InChI is InChI=1S/C19H26N4O2/c1-13-5-8-17-20-14(12-23(17)11-13)19(25)21(2)15-6-7-16(18(15)24)22-9-3-4-10-22/h5,8,11-12,15-16,18,24H,3-4,6-7,9-10H2,1-2H3/t15-,16-,18-/m1/s1. The number of carbonyl (C=O) groups is 1. The van der Waals surface area contributed by atoms with Gasteiger partial charge in [0.1, 0.15) is 11.3 Å². The molecule has 6 nitrogen and oxygen atoms in total. The number of hydrogen-bond donors (Lipinski definition) is 1. The lowest BCUT2D eigenvalue weighted by atomic mass is 10.1. The van der Waals surface area contributed by atoms with Gasteiger partial charge in [0.05, 0.1) is 12.1 Å². The molecular weight excluding hydrogens is 316 g/mol. The normalized spacial score (nSPS) is 27.2. The first-order valence-corrected chi connectivity index (χ1v) is 9.19. The minimum Gasteiger partial charge on any atom is -0.389 e. The Kier molecular flexibility index (Phi) is 4.25. The molecule has 1 aliphatic carbocycles. The molecule has 2 aromatic rings. The number of amides is 1. The van der Waals surface area contributed by atoms with E-state index in [0.29, 0.717) is 5.69 Å². The lowest BCUT2D eigenvalue weighted by molar-refractivity contribution is 0.0293. The zero-order valence-electron chi connectivity index (χ0n) is 14.9. The number of hydrogen-bond acceptors (Lipinski definition) is 4. The smallest absolute Gasteiger partial charge is 0.274 e. The summed E-state index contributed by atoms with van der Waals surface area (Å²) in [4.78, 5) is 21.4. The Morgan fingerprint density at radius 1 is 1.24 bits per heavy atom. The first kappa shape index (κ1) is 16.5. The van der Waals surface area contributed by atoms with Crippen molar-refractivity contribution in [1.29, 1.82) is 0 Å². The van der Waals surface area contributed by atoms with Crippen LogP contribution in [0.2, 0.25) is 0 Å². The van der Waals surface area contributed by atoms with Crippen LogP contribution in [0.4, 0.5) is 0 Å². The fourth-order valence-electron chi connectivity index (χ4n) is 4.37. The van der Waals surface area contributed by atoms with Gasteiger partial charge in [0.25, 0.3) is 5.91 Å². The number of aliphatic hydroxyl groups excluding tert-OH is 1. The van der Waals surface area contributed by atoms with Crippen LogP contribution in [0.15, 0.2) is 24.5 Å². The van der Waals surface area contributed by atoms with Gasteiger partial charge in [0, 0.05) is 25.5 Å². The van der Waals surface area contributed by atoms with Gasteiger partial charge < -0.3 is 14.4 Å². The molecule has 1 saturated heterocycles. The van der Waals surface area contributed by atoms with Crippen molar-refractivity contribution in [2.75, 3.05) is 20.1 Å². The second kappa shape index (κ2) is 6.42. The van der Waals surface area contributed by atoms with E-state index in [9.17, 15) is 9.90 Å². The summed E-state index contributed by atoms with van der Waals surface area (Å²) >= 11 is 0. The van der Waals surface area contributed by atoms with Crippen molar-refractivity contribution in [3.05, 3.63) is 35.8 Å². The number of nitrogens with zero attached hydrogens (tertiary/aromatic N) is 4. The SMILES string of the molecule is Cc1ccc2nc(C(=O)N(C)[C@@H]3CC[C@@H](N4CCCC4)[C@@H]3O)cn2c1. The van der Waals surface area contributed by atoms with Gasteiger partial charge >= 0.3 is 0 Å². The van der Waals surface area contributed by atoms with Crippen LogP contribution in [0, 0.1) is 6.92 Å². The van der Waals surface area contributed by atoms with E-state index < -0.39 is 6.10 Å². The van der Waals surface area contributed by atoms with Crippen molar-refractivity contribution < 1.29 is 9.90 Å². The molecule has 2 fully saturated rings. The zero-order chi connectivity index (χ0) is 17.6. The van der Waals surface area contributed by atoms with Crippen LogP contribution in [0.3, 0.4) is 0 Å². The number of aromatic nitrogens is 2. The average Bonchev–Trinajstić information content (AvgIpc) is 3.31. The quantitative estimate of drug-likeness (QED) is 0.922. The molecule has 25 heavy (non-hydrogen) atoms. The Morgan fingerprint density at radius 2 is 2.00 bits per heavy atom. The molecular formula is C19H26N4O2. The highest BCUT2D eigenvalue weighted by Crippen LogP contribution is 2.30. The Bertz CT molecular complexity index is 781. The number of likely N-dealkylation sites (N-methyl/N-ethyl adjacent to an activating group) is 1. The van der Waals surface area contributed by atoms with E-state index in [1.165, 1.54) is 12.8 Å². The van der Waals surface area contributed by atoms with Gasteiger partial charge in [-0.25, -0.2) is 4.98 Å². The number of likely N-dealkylation sites (tertiary alicyclic amines) is 1. The predicted molar refractivity (Wildman–Crippen MR) is 95.6 cm³/mol. The second-order valence-corrected chi connectivity index (χ2v) is 7.46. The highest BCUT2D eigenvalue weighted by Gasteiger charge is 2.42. The van der Waals surface area contributed by atoms with Crippen LogP contribution < -0.4 is 0 Å². The molecule has 0 radical (unpaired) electrons. The molecule has 0 spiro atoms. The first-order valence-electron chi connectivity index (χ1n) is 9.19. The fraction of sp³-hybridized carbons (Fsp3) is 0.579. The van der Waals surface area contributed by atoms with Gasteiger partial charge in [-0.15, -0.1) is 0 Å². The number of rotatable bonds is 3. The van der Waals surface area contributed by atoms with Crippen molar-refractivity contribution in [2.45, 2.75) is 50.8 Å². The van der Waals surface area contributed by atoms with Crippen molar-refractivity contribution >= 4 is 11.6 Å². The first-order chi connectivity index (χ1) is 12.0. The zero-order valence-corrected chi connectivity index (χ0v) is 14.9. The van der Waals surface area contributed by atoms with Gasteiger partial charge in [-0.05, 0) is 57.3 Å². The van der Waals surface area contributed by atoms with E-state index >= 15 is 0 Å². The van der Waals surface area contributed by atoms with Gasteiger partial charge in [0.15, 0.2) is 0 Å². The van der Waals surface area contributed by atoms with Gasteiger partial charge in [-0.1, -0.05) is 6.07 Å². The Balaban J connectivity index is 1.51. The summed E-state index contributed by atoms with van der Waals surface area (Å²) in [6, 6.07) is 3.96. The molecule has 3 heterocycles. The highest BCUT2D eigenvalue weighted by atomic mass is 16.3. The van der Waals surface area contributed by atoms with E-state index in [0.717, 1.165) is 37.1 Å². The predicted octanol–water partition coefficient (Wildman–Crippen LogP) is 1.70. The van der Waals surface area contributed by atoms with Crippen molar-refractivity contribution in [1.82, 2.24) is 19.2 Å². The summed E-state index contributed by atoms with van der Waals surface area (Å²) < 4.78 is 1.88. The van der Waals surface area contributed by atoms with E-state index in [1.54, 1.807) is 18.1 Å². The maximum Gasteiger partial charge on any atom is 0.274 e. The lowest BCUT2D eigenvalue weighted by Gasteiger charge is -2.31. The molecule has 4 rings (SSSR count). The van der Waals surface area contributed by atoms with Crippen molar-refractivity contribution in [3.8, 4) is 0 Å². The third kappa shape index (κ3) is 2.93. The third-order valence-electron chi connectivity index (χ3n) is 5.79. The Morgan fingerprint density at radius 3 is 2.76 bits per heavy atom. The largest absolute Gasteiger partial charge is 0.389 e. The molecule has 6 heteroatoms. The van der Waals surface area contributed by atoms with Gasteiger partial charge in [0.2, 0.25) is 0 Å². The van der Waals surface area contributed by atoms with E-state index in [4.69, 9.17) is 0 Å². The van der Waals surface area contributed by atoms with Crippen LogP contribution in [0.25, 0.3) is 5.65 Å². The molecule has 1 saturated carbocycles. The molecule has 0 unspecified atom stereocenters. The molecule has 2 aromatic heterocycles. The molecule has 1 amide bonds. The van der Waals surface area contributed by atoms with Crippen LogP contribution in [0.1, 0.15) is 41.7 Å². The molecule has 1 N–H and O–H groups in total. The number of carbonyl (C=O) groups excluding carboxylic acids is 1. The topological polar surface area (TPSA) is 61.1 Å². The molecule has 134 valence electrons. The van der Waals surface area contributed by atoms with Crippen LogP contribution in [0.5, 0.6) is 0 Å². The minimum absolute atomic E-state index is 0.118. The molecule has 0 aromatic carbocycles. The van der Waals surface area contributed by atoms with E-state index in [1.807, 2.05) is 29.7 Å².